The van der Waals surface area contributed by atoms with E-state index < -0.39 is 27.0 Å². The number of benzene rings is 2. The minimum absolute atomic E-state index is 0.120. The van der Waals surface area contributed by atoms with Crippen molar-refractivity contribution >= 4 is 9.84 Å². The molecule has 3 aromatic rings. The number of sulfone groups is 1. The van der Waals surface area contributed by atoms with Crippen molar-refractivity contribution in [1.29, 1.82) is 0 Å². The highest BCUT2D eigenvalue weighted by Gasteiger charge is 2.16. The largest absolute Gasteiger partial charge is 0.275 e. The summed E-state index contributed by atoms with van der Waals surface area (Å²) in [5, 5.41) is 4.17. The Labute approximate surface area is 192 Å². The minimum atomic E-state index is -3.35. The van der Waals surface area contributed by atoms with Crippen LogP contribution in [0.1, 0.15) is 32.3 Å². The van der Waals surface area contributed by atoms with Gasteiger partial charge in [0, 0.05) is 23.4 Å². The molecule has 3 rings (SSSR count). The zero-order valence-electron chi connectivity index (χ0n) is 18.8. The van der Waals surface area contributed by atoms with Gasteiger partial charge in [0.2, 0.25) is 0 Å². The van der Waals surface area contributed by atoms with Gasteiger partial charge >= 0.3 is 0 Å². The van der Waals surface area contributed by atoms with Gasteiger partial charge in [-0.05, 0) is 55.0 Å². The monoisotopic (exact) mass is 472 g/mol. The van der Waals surface area contributed by atoms with Crippen molar-refractivity contribution in [3.63, 3.8) is 0 Å². The van der Waals surface area contributed by atoms with Gasteiger partial charge in [0.25, 0.3) is 5.56 Å². The van der Waals surface area contributed by atoms with Crippen LogP contribution in [0.5, 0.6) is 0 Å². The summed E-state index contributed by atoms with van der Waals surface area (Å²) in [7, 11) is -3.35. The molecular weight excluding hydrogens is 446 g/mol. The molecule has 0 N–H and O–H groups in total. The smallest absolute Gasteiger partial charge is 0.267 e. The van der Waals surface area contributed by atoms with Crippen molar-refractivity contribution in [1.82, 2.24) is 9.78 Å². The summed E-state index contributed by atoms with van der Waals surface area (Å²) in [5.74, 6) is -1.55. The summed E-state index contributed by atoms with van der Waals surface area (Å²) in [6, 6.07) is 9.40. The molecule has 2 aromatic carbocycles. The SMILES string of the molecule is CC(C)C/C=C/CCc1c(-c2ccc(S(C)(=O)=O)cc2)cnn(-c2ccc(F)c(F)c2)c1=O. The molecule has 1 heterocycles. The average Bonchev–Trinajstić information content (AvgIpc) is 2.75. The molecule has 1 aromatic heterocycles. The van der Waals surface area contributed by atoms with Crippen LogP contribution in [0.15, 0.2) is 70.5 Å². The van der Waals surface area contributed by atoms with Crippen LogP contribution < -0.4 is 5.56 Å². The predicted octanol–water partition coefficient (Wildman–Crippen LogP) is 5.12. The number of rotatable bonds is 8. The van der Waals surface area contributed by atoms with E-state index in [0.29, 0.717) is 35.4 Å². The first-order valence-electron chi connectivity index (χ1n) is 10.6. The standard InChI is InChI=1S/C25H26F2N2O3S/c1-17(2)7-5-4-6-8-21-22(18-9-12-20(13-10-18)33(3,31)32)16-28-29(25(21)30)19-11-14-23(26)24(27)15-19/h4-5,9-17H,6-8H2,1-3H3/b5-4+. The highest BCUT2D eigenvalue weighted by Crippen LogP contribution is 2.24. The van der Waals surface area contributed by atoms with Crippen molar-refractivity contribution in [2.45, 2.75) is 38.0 Å². The summed E-state index contributed by atoms with van der Waals surface area (Å²) >= 11 is 0. The summed E-state index contributed by atoms with van der Waals surface area (Å²) < 4.78 is 51.7. The van der Waals surface area contributed by atoms with E-state index in [1.807, 2.05) is 6.08 Å². The van der Waals surface area contributed by atoms with Crippen molar-refractivity contribution in [3.8, 4) is 16.8 Å². The Morgan fingerprint density at radius 1 is 1.03 bits per heavy atom. The second-order valence-corrected chi connectivity index (χ2v) is 10.3. The quantitative estimate of drug-likeness (QED) is 0.427. The first kappa shape index (κ1) is 24.5. The third-order valence-corrected chi connectivity index (χ3v) is 6.28. The van der Waals surface area contributed by atoms with Crippen molar-refractivity contribution in [2.24, 2.45) is 5.92 Å². The Hall–Kier alpha value is -3.13. The summed E-state index contributed by atoms with van der Waals surface area (Å²) in [6.45, 7) is 4.23. The summed E-state index contributed by atoms with van der Waals surface area (Å²) in [6.07, 6.45) is 8.64. The van der Waals surface area contributed by atoms with Gasteiger partial charge in [0.05, 0.1) is 16.8 Å². The van der Waals surface area contributed by atoms with Gasteiger partial charge in [-0.25, -0.2) is 17.2 Å². The lowest BCUT2D eigenvalue weighted by atomic mass is 9.99. The maximum Gasteiger partial charge on any atom is 0.275 e. The molecule has 5 nitrogen and oxygen atoms in total. The summed E-state index contributed by atoms with van der Waals surface area (Å²) in [5.41, 5.74) is 1.34. The number of allylic oxidation sites excluding steroid dienone is 2. The molecule has 8 heteroatoms. The maximum absolute atomic E-state index is 13.8. The zero-order chi connectivity index (χ0) is 24.2. The molecule has 0 bridgehead atoms. The van der Waals surface area contributed by atoms with Crippen LogP contribution in [0.2, 0.25) is 0 Å². The van der Waals surface area contributed by atoms with Crippen molar-refractivity contribution in [2.75, 3.05) is 6.26 Å². The number of hydrogen-bond acceptors (Lipinski definition) is 4. The predicted molar refractivity (Wildman–Crippen MR) is 125 cm³/mol. The highest BCUT2D eigenvalue weighted by atomic mass is 32.2. The van der Waals surface area contributed by atoms with E-state index >= 15 is 0 Å². The molecule has 0 aliphatic rings. The van der Waals surface area contributed by atoms with E-state index in [2.05, 4.69) is 25.0 Å². The van der Waals surface area contributed by atoms with E-state index in [1.165, 1.54) is 24.4 Å². The molecule has 0 aliphatic carbocycles. The Bertz CT molecular complexity index is 1330. The Morgan fingerprint density at radius 3 is 2.33 bits per heavy atom. The van der Waals surface area contributed by atoms with Crippen LogP contribution in [0, 0.1) is 17.6 Å². The third-order valence-electron chi connectivity index (χ3n) is 5.15. The molecule has 0 amide bonds. The van der Waals surface area contributed by atoms with Gasteiger partial charge < -0.3 is 0 Å². The highest BCUT2D eigenvalue weighted by molar-refractivity contribution is 7.90. The molecule has 0 saturated carbocycles. The molecule has 0 atom stereocenters. The summed E-state index contributed by atoms with van der Waals surface area (Å²) in [4.78, 5) is 13.5. The maximum atomic E-state index is 13.8. The van der Waals surface area contributed by atoms with Crippen LogP contribution in [-0.2, 0) is 16.3 Å². The molecule has 0 spiro atoms. The molecule has 0 fully saturated rings. The molecule has 0 radical (unpaired) electrons. The fourth-order valence-corrected chi connectivity index (χ4v) is 4.01. The molecule has 174 valence electrons. The van der Waals surface area contributed by atoms with Crippen LogP contribution in [0.3, 0.4) is 0 Å². The minimum Gasteiger partial charge on any atom is -0.267 e. The van der Waals surface area contributed by atoms with Gasteiger partial charge in [-0.15, -0.1) is 0 Å². The van der Waals surface area contributed by atoms with E-state index in [1.54, 1.807) is 12.1 Å². The lowest BCUT2D eigenvalue weighted by Gasteiger charge is -2.13. The number of hydrogen-bond donors (Lipinski definition) is 0. The van der Waals surface area contributed by atoms with E-state index in [0.717, 1.165) is 29.5 Å². The first-order chi connectivity index (χ1) is 15.6. The van der Waals surface area contributed by atoms with E-state index in [4.69, 9.17) is 0 Å². The van der Waals surface area contributed by atoms with Gasteiger partial charge in [-0.2, -0.15) is 9.78 Å². The van der Waals surface area contributed by atoms with Crippen LogP contribution in [0.25, 0.3) is 16.8 Å². The first-order valence-corrected chi connectivity index (χ1v) is 12.5. The van der Waals surface area contributed by atoms with Crippen LogP contribution in [-0.4, -0.2) is 24.5 Å². The second kappa shape index (κ2) is 10.2. The van der Waals surface area contributed by atoms with E-state index in [-0.39, 0.29) is 10.6 Å². The molecular formula is C25H26F2N2O3S. The fraction of sp³-hybridized carbons (Fsp3) is 0.280. The van der Waals surface area contributed by atoms with Gasteiger partial charge in [-0.3, -0.25) is 4.79 Å². The zero-order valence-corrected chi connectivity index (χ0v) is 19.6. The molecule has 0 saturated heterocycles. The number of halogens is 2. The lowest BCUT2D eigenvalue weighted by Crippen LogP contribution is -2.25. The second-order valence-electron chi connectivity index (χ2n) is 8.29. The third kappa shape index (κ3) is 6.01. The van der Waals surface area contributed by atoms with Crippen LogP contribution in [0.4, 0.5) is 8.78 Å². The van der Waals surface area contributed by atoms with Gasteiger partial charge in [0.1, 0.15) is 0 Å². The van der Waals surface area contributed by atoms with Crippen LogP contribution >= 0.6 is 0 Å². The normalized spacial score (nSPS) is 12.1. The molecule has 0 unspecified atom stereocenters. The van der Waals surface area contributed by atoms with Crippen molar-refractivity contribution in [3.05, 3.63) is 88.4 Å². The Balaban J connectivity index is 2.06. The van der Waals surface area contributed by atoms with Gasteiger partial charge in [0.15, 0.2) is 21.5 Å². The fourth-order valence-electron chi connectivity index (χ4n) is 3.38. The molecule has 33 heavy (non-hydrogen) atoms. The topological polar surface area (TPSA) is 69.0 Å². The number of nitrogens with zero attached hydrogens (tertiary/aromatic N) is 2. The lowest BCUT2D eigenvalue weighted by molar-refractivity contribution is 0.507. The number of aromatic nitrogens is 2. The van der Waals surface area contributed by atoms with Gasteiger partial charge in [-0.1, -0.05) is 38.1 Å². The van der Waals surface area contributed by atoms with E-state index in [9.17, 15) is 22.0 Å². The van der Waals surface area contributed by atoms with Crippen molar-refractivity contribution < 1.29 is 17.2 Å². The average molecular weight is 473 g/mol. The Morgan fingerprint density at radius 2 is 1.73 bits per heavy atom. The molecule has 0 aliphatic heterocycles. The Kier molecular flexibility index (Phi) is 7.58.